The Kier molecular flexibility index (Phi) is 6.39. The molecule has 4 aliphatic rings. The number of hydrogen-bond donors (Lipinski definition) is 2. The number of carbonyl (C=O) groups excluding carboxylic acids is 4. The van der Waals surface area contributed by atoms with E-state index >= 15 is 4.79 Å². The van der Waals surface area contributed by atoms with Gasteiger partial charge in [-0.3, -0.25) is 29.5 Å². The molecule has 1 saturated carbocycles. The largest absolute Gasteiger partial charge is 0.508 e. The molecule has 2 heterocycles. The number of nitrogens with zero attached hydrogens (tertiary/aromatic N) is 2. The van der Waals surface area contributed by atoms with Gasteiger partial charge in [0.1, 0.15) is 11.5 Å². The summed E-state index contributed by atoms with van der Waals surface area (Å²) in [6.07, 6.45) is 2.50. The number of imide groups is 2. The number of hydrogen-bond acceptors (Lipinski definition) is 7. The number of aromatic hydroxyl groups is 1. The summed E-state index contributed by atoms with van der Waals surface area (Å²) in [5.74, 6) is -4.31. The zero-order valence-corrected chi connectivity index (χ0v) is 24.7. The van der Waals surface area contributed by atoms with Crippen LogP contribution in [-0.2, 0) is 24.6 Å². The molecule has 44 heavy (non-hydrogen) atoms. The van der Waals surface area contributed by atoms with Crippen molar-refractivity contribution in [3.63, 3.8) is 0 Å². The SMILES string of the molecule is COc1ccc(O)c(C2C3=CCC4C(=O)N(C)C(=O)C4C3CC3C(=O)N(Nc4ccc(C)cc4)C(=O)C32c2ccccc2)c1. The maximum absolute atomic E-state index is 15.0. The Morgan fingerprint density at radius 3 is 2.34 bits per heavy atom. The fraction of sp³-hybridized carbons (Fsp3) is 0.314. The number of phenols is 1. The third-order valence-corrected chi connectivity index (χ3v) is 10.2. The molecule has 3 fully saturated rings. The lowest BCUT2D eigenvalue weighted by atomic mass is 9.49. The van der Waals surface area contributed by atoms with Crippen molar-refractivity contribution in [1.29, 1.82) is 0 Å². The first kappa shape index (κ1) is 27.9. The highest BCUT2D eigenvalue weighted by atomic mass is 16.5. The second-order valence-corrected chi connectivity index (χ2v) is 12.3. The molecule has 9 heteroatoms. The number of likely N-dealkylation sites (tertiary alicyclic amines) is 1. The zero-order chi connectivity index (χ0) is 30.9. The number of rotatable bonds is 5. The molecular weight excluding hydrogens is 558 g/mol. The highest BCUT2D eigenvalue weighted by Gasteiger charge is 2.70. The number of ether oxygens (including phenoxy) is 1. The normalized spacial score (nSPS) is 29.2. The van der Waals surface area contributed by atoms with E-state index in [0.29, 0.717) is 29.0 Å². The number of amides is 4. The second kappa shape index (κ2) is 10.1. The minimum Gasteiger partial charge on any atom is -0.508 e. The molecular formula is C35H33N3O6. The van der Waals surface area contributed by atoms with E-state index in [9.17, 15) is 19.5 Å². The number of methoxy groups -OCH3 is 1. The molecule has 3 aromatic rings. The van der Waals surface area contributed by atoms with E-state index in [1.807, 2.05) is 67.6 Å². The molecule has 2 saturated heterocycles. The lowest BCUT2D eigenvalue weighted by Crippen LogP contribution is -2.53. The first-order valence-corrected chi connectivity index (χ1v) is 14.8. The van der Waals surface area contributed by atoms with E-state index in [-0.39, 0.29) is 24.0 Å². The van der Waals surface area contributed by atoms with Crippen LogP contribution in [0.1, 0.15) is 35.4 Å². The van der Waals surface area contributed by atoms with Crippen molar-refractivity contribution < 1.29 is 29.0 Å². The van der Waals surface area contributed by atoms with Gasteiger partial charge in [-0.2, -0.15) is 5.01 Å². The van der Waals surface area contributed by atoms with Crippen molar-refractivity contribution >= 4 is 29.3 Å². The minimum atomic E-state index is -1.45. The topological polar surface area (TPSA) is 116 Å². The Balaban J connectivity index is 1.48. The van der Waals surface area contributed by atoms with E-state index in [2.05, 4.69) is 5.43 Å². The number of allylic oxidation sites excluding steroid dienone is 2. The smallest absolute Gasteiger partial charge is 0.260 e. The summed E-state index contributed by atoms with van der Waals surface area (Å²) in [4.78, 5) is 57.4. The van der Waals surface area contributed by atoms with Crippen LogP contribution in [0.25, 0.3) is 0 Å². The predicted octanol–water partition coefficient (Wildman–Crippen LogP) is 4.32. The summed E-state index contributed by atoms with van der Waals surface area (Å²) < 4.78 is 5.55. The predicted molar refractivity (Wildman–Crippen MR) is 161 cm³/mol. The highest BCUT2D eigenvalue weighted by Crippen LogP contribution is 2.65. The van der Waals surface area contributed by atoms with Crippen molar-refractivity contribution in [2.45, 2.75) is 31.1 Å². The van der Waals surface area contributed by atoms with Gasteiger partial charge in [-0.25, -0.2) is 0 Å². The number of carbonyl (C=O) groups is 4. The molecule has 0 spiro atoms. The molecule has 4 amide bonds. The molecule has 2 aliphatic heterocycles. The Labute approximate surface area is 255 Å². The number of phenolic OH excluding ortho intramolecular Hbond substituents is 1. The van der Waals surface area contributed by atoms with Gasteiger partial charge in [0.15, 0.2) is 0 Å². The van der Waals surface area contributed by atoms with Gasteiger partial charge in [0.25, 0.3) is 11.8 Å². The standard InChI is InChI=1S/C35H33N3O6/c1-19-9-11-21(12-10-19)36-38-32(41)27-18-25-23(14-15-24-29(25)33(42)37(2)31(24)40)30(26-17-22(44-3)13-16-28(26)39)35(27,34(38)43)20-7-5-4-6-8-20/h4-14,16-17,24-25,27,29-30,36,39H,15,18H2,1-3H3. The van der Waals surface area contributed by atoms with E-state index in [0.717, 1.165) is 16.1 Å². The quantitative estimate of drug-likeness (QED) is 0.335. The van der Waals surface area contributed by atoms with E-state index in [4.69, 9.17) is 4.74 Å². The number of fused-ring (bicyclic) bond motifs is 4. The van der Waals surface area contributed by atoms with Crippen LogP contribution in [0, 0.1) is 30.6 Å². The second-order valence-electron chi connectivity index (χ2n) is 12.3. The van der Waals surface area contributed by atoms with Gasteiger partial charge in [0.2, 0.25) is 11.8 Å². The van der Waals surface area contributed by atoms with Crippen LogP contribution >= 0.6 is 0 Å². The number of nitrogens with one attached hydrogen (secondary N) is 1. The van der Waals surface area contributed by atoms with Crippen molar-refractivity contribution in [3.8, 4) is 11.5 Å². The van der Waals surface area contributed by atoms with E-state index in [1.54, 1.807) is 12.1 Å². The van der Waals surface area contributed by atoms with Gasteiger partial charge in [-0.15, -0.1) is 0 Å². The summed E-state index contributed by atoms with van der Waals surface area (Å²) in [5.41, 5.74) is 5.08. The third-order valence-electron chi connectivity index (χ3n) is 10.2. The number of anilines is 1. The Hall–Kier alpha value is -4.92. The van der Waals surface area contributed by atoms with Crippen LogP contribution in [0.4, 0.5) is 5.69 Å². The highest BCUT2D eigenvalue weighted by molar-refractivity contribution is 6.13. The molecule has 0 aromatic heterocycles. The summed E-state index contributed by atoms with van der Waals surface area (Å²) in [6.45, 7) is 1.95. The molecule has 3 aromatic carbocycles. The lowest BCUT2D eigenvalue weighted by Gasteiger charge is -2.50. The number of benzene rings is 3. The molecule has 6 unspecified atom stereocenters. The maximum atomic E-state index is 15.0. The average Bonchev–Trinajstić information content (AvgIpc) is 3.39. The van der Waals surface area contributed by atoms with Gasteiger partial charge in [0, 0.05) is 18.5 Å². The van der Waals surface area contributed by atoms with Crippen molar-refractivity contribution in [2.75, 3.05) is 19.6 Å². The lowest BCUT2D eigenvalue weighted by molar-refractivity contribution is -0.140. The average molecular weight is 592 g/mol. The maximum Gasteiger partial charge on any atom is 0.260 e. The Morgan fingerprint density at radius 2 is 1.64 bits per heavy atom. The van der Waals surface area contributed by atoms with Crippen LogP contribution < -0.4 is 10.2 Å². The molecule has 2 aliphatic carbocycles. The van der Waals surface area contributed by atoms with Crippen LogP contribution in [0.3, 0.4) is 0 Å². The summed E-state index contributed by atoms with van der Waals surface area (Å²) in [7, 11) is 3.03. The van der Waals surface area contributed by atoms with Crippen LogP contribution in [0.5, 0.6) is 11.5 Å². The van der Waals surface area contributed by atoms with Crippen LogP contribution in [0.15, 0.2) is 84.4 Å². The molecule has 9 nitrogen and oxygen atoms in total. The molecule has 2 N–H and O–H groups in total. The van der Waals surface area contributed by atoms with Gasteiger partial charge in [-0.1, -0.05) is 59.7 Å². The molecule has 7 rings (SSSR count). The first-order valence-electron chi connectivity index (χ1n) is 14.8. The van der Waals surface area contributed by atoms with Crippen molar-refractivity contribution in [3.05, 3.63) is 101 Å². The summed E-state index contributed by atoms with van der Waals surface area (Å²) in [5, 5.41) is 12.5. The zero-order valence-electron chi connectivity index (χ0n) is 24.7. The monoisotopic (exact) mass is 591 g/mol. The Bertz CT molecular complexity index is 1730. The van der Waals surface area contributed by atoms with Gasteiger partial charge >= 0.3 is 0 Å². The van der Waals surface area contributed by atoms with E-state index < -0.39 is 46.8 Å². The first-order chi connectivity index (χ1) is 21.2. The minimum absolute atomic E-state index is 0.0512. The van der Waals surface area contributed by atoms with Crippen LogP contribution in [-0.4, -0.2) is 52.8 Å². The molecule has 6 atom stereocenters. The molecule has 0 radical (unpaired) electrons. The third kappa shape index (κ3) is 3.77. The van der Waals surface area contributed by atoms with E-state index in [1.165, 1.54) is 25.1 Å². The summed E-state index contributed by atoms with van der Waals surface area (Å²) >= 11 is 0. The summed E-state index contributed by atoms with van der Waals surface area (Å²) in [6, 6.07) is 21.5. The van der Waals surface area contributed by atoms with Gasteiger partial charge in [0.05, 0.1) is 36.0 Å². The van der Waals surface area contributed by atoms with Crippen LogP contribution in [0.2, 0.25) is 0 Å². The molecule has 0 bridgehead atoms. The Morgan fingerprint density at radius 1 is 0.909 bits per heavy atom. The fourth-order valence-corrected chi connectivity index (χ4v) is 8.14. The molecule has 224 valence electrons. The van der Waals surface area contributed by atoms with Gasteiger partial charge < -0.3 is 9.84 Å². The van der Waals surface area contributed by atoms with Crippen molar-refractivity contribution in [2.24, 2.45) is 23.7 Å². The fourth-order valence-electron chi connectivity index (χ4n) is 8.14. The van der Waals surface area contributed by atoms with Gasteiger partial charge in [-0.05, 0) is 61.6 Å². The number of hydrazine groups is 1. The number of aryl methyl sites for hydroxylation is 1. The van der Waals surface area contributed by atoms with Crippen molar-refractivity contribution in [1.82, 2.24) is 9.91 Å².